The third kappa shape index (κ3) is 55.0. The Hall–Kier alpha value is -1.85. The Balaban J connectivity index is 4.31. The highest BCUT2D eigenvalue weighted by atomic mass is 16.6. The van der Waals surface area contributed by atoms with E-state index in [0.29, 0.717) is 19.3 Å². The van der Waals surface area contributed by atoms with E-state index in [9.17, 15) is 14.4 Å². The van der Waals surface area contributed by atoms with Crippen molar-refractivity contribution in [2.75, 3.05) is 13.2 Å². The number of hydrogen-bond acceptors (Lipinski definition) is 6. The Bertz CT molecular complexity index is 1040. The molecule has 1 atom stereocenters. The molecule has 0 aromatic heterocycles. The minimum absolute atomic E-state index is 0.0649. The van der Waals surface area contributed by atoms with E-state index < -0.39 is 6.10 Å². The molecule has 0 N–H and O–H groups in total. The summed E-state index contributed by atoms with van der Waals surface area (Å²) in [5.74, 6) is -0.842. The zero-order valence-electron chi connectivity index (χ0n) is 45.5. The van der Waals surface area contributed by atoms with Gasteiger partial charge in [-0.15, -0.1) is 0 Å². The van der Waals surface area contributed by atoms with Crippen molar-refractivity contribution < 1.29 is 28.6 Å². The van der Waals surface area contributed by atoms with Crippen LogP contribution in [0.3, 0.4) is 0 Å². The Morgan fingerprint density at radius 2 is 0.493 bits per heavy atom. The molecule has 0 spiro atoms. The molecule has 0 saturated carbocycles. The molecule has 0 aliphatic rings. The number of rotatable bonds is 56. The van der Waals surface area contributed by atoms with Crippen LogP contribution >= 0.6 is 0 Å². The predicted octanol–water partition coefficient (Wildman–Crippen LogP) is 20.1. The second kappa shape index (κ2) is 56.7. The van der Waals surface area contributed by atoms with Crippen molar-refractivity contribution in [2.45, 2.75) is 348 Å². The summed E-state index contributed by atoms with van der Waals surface area (Å²) in [7, 11) is 0. The standard InChI is InChI=1S/C61H116O6/c1-4-7-10-13-16-19-22-25-28-30-33-36-39-42-45-48-51-54-60(63)66-57-58(56-65-59(62)53-50-47-44-41-38-35-32-27-24-21-18-15-12-9-6-3)67-61(64)55-52-49-46-43-40-37-34-31-29-26-23-20-17-14-11-8-5-2/h21,24,58H,4-20,22-23,25-57H2,1-3H3/b24-21-/t58-/m1/s1. The van der Waals surface area contributed by atoms with Gasteiger partial charge in [0.1, 0.15) is 13.2 Å². The first-order valence-corrected chi connectivity index (χ1v) is 30.2. The number of unbranched alkanes of at least 4 members (excludes halogenated alkanes) is 43. The molecule has 0 aliphatic carbocycles. The van der Waals surface area contributed by atoms with Gasteiger partial charge in [0.15, 0.2) is 6.10 Å². The Labute approximate surface area is 418 Å². The fourth-order valence-electron chi connectivity index (χ4n) is 9.21. The van der Waals surface area contributed by atoms with Crippen molar-refractivity contribution in [1.82, 2.24) is 0 Å². The van der Waals surface area contributed by atoms with Gasteiger partial charge >= 0.3 is 17.9 Å². The average molecular weight is 946 g/mol. The highest BCUT2D eigenvalue weighted by molar-refractivity contribution is 5.71. The third-order valence-corrected chi connectivity index (χ3v) is 13.8. The van der Waals surface area contributed by atoms with Crippen LogP contribution in [0.1, 0.15) is 342 Å². The molecule has 6 heteroatoms. The van der Waals surface area contributed by atoms with Crippen LogP contribution in [0.5, 0.6) is 0 Å². The first-order chi connectivity index (χ1) is 33.0. The first-order valence-electron chi connectivity index (χ1n) is 30.2. The van der Waals surface area contributed by atoms with E-state index in [-0.39, 0.29) is 31.1 Å². The van der Waals surface area contributed by atoms with Gasteiger partial charge < -0.3 is 14.2 Å². The third-order valence-electron chi connectivity index (χ3n) is 13.8. The van der Waals surface area contributed by atoms with Crippen LogP contribution in [0.15, 0.2) is 12.2 Å². The van der Waals surface area contributed by atoms with Crippen LogP contribution < -0.4 is 0 Å². The molecule has 0 radical (unpaired) electrons. The van der Waals surface area contributed by atoms with Crippen molar-refractivity contribution in [1.29, 1.82) is 0 Å². The van der Waals surface area contributed by atoms with Crippen LogP contribution in [-0.4, -0.2) is 37.2 Å². The molecule has 0 fully saturated rings. The maximum Gasteiger partial charge on any atom is 0.306 e. The topological polar surface area (TPSA) is 78.9 Å². The van der Waals surface area contributed by atoms with Gasteiger partial charge in [-0.05, 0) is 44.9 Å². The van der Waals surface area contributed by atoms with Crippen molar-refractivity contribution in [3.05, 3.63) is 12.2 Å². The molecule has 0 aromatic rings. The summed E-state index contributed by atoms with van der Waals surface area (Å²) in [5, 5.41) is 0. The molecule has 0 rings (SSSR count). The van der Waals surface area contributed by atoms with Crippen molar-refractivity contribution in [3.63, 3.8) is 0 Å². The van der Waals surface area contributed by atoms with Crippen LogP contribution in [0, 0.1) is 0 Å². The van der Waals surface area contributed by atoms with Crippen molar-refractivity contribution >= 4 is 17.9 Å². The Morgan fingerprint density at radius 1 is 0.284 bits per heavy atom. The van der Waals surface area contributed by atoms with E-state index in [1.165, 1.54) is 244 Å². The Morgan fingerprint density at radius 3 is 0.761 bits per heavy atom. The zero-order valence-corrected chi connectivity index (χ0v) is 45.5. The summed E-state index contributed by atoms with van der Waals surface area (Å²) in [6, 6.07) is 0. The van der Waals surface area contributed by atoms with Crippen LogP contribution in [0.2, 0.25) is 0 Å². The van der Waals surface area contributed by atoms with Crippen molar-refractivity contribution in [3.8, 4) is 0 Å². The maximum atomic E-state index is 12.9. The molecule has 396 valence electrons. The number of ether oxygens (including phenoxy) is 3. The molecular formula is C61H116O6. The molecule has 6 nitrogen and oxygen atoms in total. The second-order valence-electron chi connectivity index (χ2n) is 20.6. The molecule has 0 heterocycles. The highest BCUT2D eigenvalue weighted by Gasteiger charge is 2.19. The molecule has 0 amide bonds. The van der Waals surface area contributed by atoms with Gasteiger partial charge in [0.25, 0.3) is 0 Å². The monoisotopic (exact) mass is 945 g/mol. The van der Waals surface area contributed by atoms with Crippen LogP contribution in [0.25, 0.3) is 0 Å². The highest BCUT2D eigenvalue weighted by Crippen LogP contribution is 2.18. The quantitative estimate of drug-likeness (QED) is 0.0262. The summed E-state index contributed by atoms with van der Waals surface area (Å²) in [6.45, 7) is 6.69. The van der Waals surface area contributed by atoms with Gasteiger partial charge in [-0.25, -0.2) is 0 Å². The number of hydrogen-bond donors (Lipinski definition) is 0. The van der Waals surface area contributed by atoms with Crippen LogP contribution in [-0.2, 0) is 28.6 Å². The van der Waals surface area contributed by atoms with Gasteiger partial charge in [-0.3, -0.25) is 14.4 Å². The minimum atomic E-state index is -0.766. The maximum absolute atomic E-state index is 12.9. The first kappa shape index (κ1) is 65.1. The molecule has 0 saturated heterocycles. The van der Waals surface area contributed by atoms with E-state index in [1.807, 2.05) is 0 Å². The normalized spacial score (nSPS) is 12.0. The molecule has 0 aromatic carbocycles. The van der Waals surface area contributed by atoms with Gasteiger partial charge in [0.2, 0.25) is 0 Å². The lowest BCUT2D eigenvalue weighted by Gasteiger charge is -2.18. The summed E-state index contributed by atoms with van der Waals surface area (Å²) >= 11 is 0. The number of allylic oxidation sites excluding steroid dienone is 2. The summed E-state index contributed by atoms with van der Waals surface area (Å²) in [6.07, 6.45) is 64.9. The van der Waals surface area contributed by atoms with E-state index in [4.69, 9.17) is 14.2 Å². The molecule has 0 aliphatic heterocycles. The second-order valence-corrected chi connectivity index (χ2v) is 20.6. The summed E-state index contributed by atoms with van der Waals surface area (Å²) in [4.78, 5) is 38.2. The fourth-order valence-corrected chi connectivity index (χ4v) is 9.21. The van der Waals surface area contributed by atoms with Crippen LogP contribution in [0.4, 0.5) is 0 Å². The van der Waals surface area contributed by atoms with E-state index >= 15 is 0 Å². The number of carbonyl (C=O) groups excluding carboxylic acids is 3. The van der Waals surface area contributed by atoms with Crippen molar-refractivity contribution in [2.24, 2.45) is 0 Å². The lowest BCUT2D eigenvalue weighted by atomic mass is 10.0. The zero-order chi connectivity index (χ0) is 48.6. The summed E-state index contributed by atoms with van der Waals surface area (Å²) in [5.41, 5.74) is 0. The van der Waals surface area contributed by atoms with E-state index in [1.54, 1.807) is 0 Å². The number of esters is 3. The predicted molar refractivity (Wildman–Crippen MR) is 289 cm³/mol. The largest absolute Gasteiger partial charge is 0.462 e. The molecule has 0 bridgehead atoms. The minimum Gasteiger partial charge on any atom is -0.462 e. The fraction of sp³-hybridized carbons (Fsp3) is 0.918. The van der Waals surface area contributed by atoms with Gasteiger partial charge in [0.05, 0.1) is 0 Å². The smallest absolute Gasteiger partial charge is 0.306 e. The SMILES string of the molecule is CCCCCC/C=C\CCCCCCCCCC(=O)OC[C@H](COC(=O)CCCCCCCCCCCCCCCCCCC)OC(=O)CCCCCCCCCCCCCCCCCCC. The lowest BCUT2D eigenvalue weighted by Crippen LogP contribution is -2.30. The molecule has 0 unspecified atom stereocenters. The summed E-state index contributed by atoms with van der Waals surface area (Å²) < 4.78 is 16.9. The number of carbonyl (C=O) groups is 3. The van der Waals surface area contributed by atoms with E-state index in [0.717, 1.165) is 57.8 Å². The van der Waals surface area contributed by atoms with Gasteiger partial charge in [-0.1, -0.05) is 290 Å². The van der Waals surface area contributed by atoms with Gasteiger partial charge in [0, 0.05) is 19.3 Å². The van der Waals surface area contributed by atoms with Gasteiger partial charge in [-0.2, -0.15) is 0 Å². The van der Waals surface area contributed by atoms with E-state index in [2.05, 4.69) is 32.9 Å². The molecule has 67 heavy (non-hydrogen) atoms. The molecular weight excluding hydrogens is 829 g/mol. The Kier molecular flexibility index (Phi) is 55.2. The lowest BCUT2D eigenvalue weighted by molar-refractivity contribution is -0.167. The average Bonchev–Trinajstić information content (AvgIpc) is 3.33.